The molecule has 2 rings (SSSR count). The summed E-state index contributed by atoms with van der Waals surface area (Å²) in [6.07, 6.45) is 0. The van der Waals surface area contributed by atoms with Gasteiger partial charge in [-0.2, -0.15) is 0 Å². The Bertz CT molecular complexity index is 638. The van der Waals surface area contributed by atoms with Crippen LogP contribution in [0, 0.1) is 2.88 Å². The van der Waals surface area contributed by atoms with Crippen LogP contribution in [0.15, 0.2) is 35.7 Å². The molecule has 0 aliphatic heterocycles. The number of rotatable bonds is 3. The molecule has 6 heteroatoms. The second-order valence-corrected chi connectivity index (χ2v) is 6.63. The van der Waals surface area contributed by atoms with Crippen LogP contribution in [0.3, 0.4) is 0 Å². The molecule has 0 saturated carbocycles. The van der Waals surface area contributed by atoms with Crippen LogP contribution < -0.4 is 4.90 Å². The van der Waals surface area contributed by atoms with Crippen LogP contribution >= 0.6 is 33.9 Å². The van der Waals surface area contributed by atoms with E-state index < -0.39 is 5.97 Å². The minimum atomic E-state index is -1.05. The van der Waals surface area contributed by atoms with E-state index in [1.165, 1.54) is 22.3 Å². The van der Waals surface area contributed by atoms with E-state index in [-0.39, 0.29) is 11.5 Å². The smallest absolute Gasteiger partial charge is 0.337 e. The molecule has 1 heterocycles. The van der Waals surface area contributed by atoms with Crippen molar-refractivity contribution >= 4 is 51.5 Å². The molecule has 1 aromatic carbocycles. The minimum absolute atomic E-state index is 0.114. The fourth-order valence-electron chi connectivity index (χ4n) is 1.67. The summed E-state index contributed by atoms with van der Waals surface area (Å²) >= 11 is 3.62. The molecule has 1 aromatic heterocycles. The lowest BCUT2D eigenvalue weighted by molar-refractivity contribution is 0.0697. The number of nitrogens with zero attached hydrogens (tertiary/aromatic N) is 1. The zero-order valence-electron chi connectivity index (χ0n) is 9.96. The molecule has 0 aliphatic rings. The maximum atomic E-state index is 12.3. The molecule has 0 radical (unpaired) electrons. The zero-order chi connectivity index (χ0) is 14.0. The molecule has 98 valence electrons. The van der Waals surface area contributed by atoms with Gasteiger partial charge in [0, 0.05) is 12.4 Å². The number of carboxylic acids is 1. The normalized spacial score (nSPS) is 10.2. The lowest BCUT2D eigenvalue weighted by Crippen LogP contribution is -2.27. The summed E-state index contributed by atoms with van der Waals surface area (Å²) < 4.78 is 1.01. The highest BCUT2D eigenvalue weighted by molar-refractivity contribution is 14.1. The Hall–Kier alpha value is -1.41. The summed E-state index contributed by atoms with van der Waals surface area (Å²) in [5.74, 6) is -1.26. The number of hydrogen-bond acceptors (Lipinski definition) is 3. The SMILES string of the molecule is CN(C(=O)c1csc(I)c1)c1ccccc1C(=O)O. The molecule has 0 saturated heterocycles. The molecule has 0 aliphatic carbocycles. The van der Waals surface area contributed by atoms with E-state index in [2.05, 4.69) is 22.6 Å². The van der Waals surface area contributed by atoms with E-state index in [0.29, 0.717) is 11.3 Å². The molecule has 0 atom stereocenters. The summed E-state index contributed by atoms with van der Waals surface area (Å²) in [5, 5.41) is 10.9. The van der Waals surface area contributed by atoms with Crippen LogP contribution in [0.2, 0.25) is 0 Å². The fraction of sp³-hybridized carbons (Fsp3) is 0.0769. The second-order valence-electron chi connectivity index (χ2n) is 3.83. The van der Waals surface area contributed by atoms with Gasteiger partial charge in [-0.1, -0.05) is 12.1 Å². The third kappa shape index (κ3) is 2.95. The molecule has 2 aromatic rings. The molecule has 0 spiro atoms. The summed E-state index contributed by atoms with van der Waals surface area (Å²) in [6.45, 7) is 0. The largest absolute Gasteiger partial charge is 0.478 e. The first-order valence-corrected chi connectivity index (χ1v) is 7.31. The van der Waals surface area contributed by atoms with Gasteiger partial charge in [-0.05, 0) is 40.8 Å². The third-order valence-electron chi connectivity index (χ3n) is 2.61. The molecule has 19 heavy (non-hydrogen) atoms. The van der Waals surface area contributed by atoms with Crippen molar-refractivity contribution in [3.8, 4) is 0 Å². The molecule has 1 N–H and O–H groups in total. The fourth-order valence-corrected chi connectivity index (χ4v) is 2.99. The number of hydrogen-bond donors (Lipinski definition) is 1. The third-order valence-corrected chi connectivity index (χ3v) is 4.40. The Morgan fingerprint density at radius 3 is 2.58 bits per heavy atom. The number of anilines is 1. The highest BCUT2D eigenvalue weighted by Gasteiger charge is 2.19. The van der Waals surface area contributed by atoms with Crippen molar-refractivity contribution in [1.82, 2.24) is 0 Å². The number of aromatic carboxylic acids is 1. The monoisotopic (exact) mass is 387 g/mol. The molecule has 1 amide bonds. The first-order chi connectivity index (χ1) is 9.00. The highest BCUT2D eigenvalue weighted by atomic mass is 127. The maximum absolute atomic E-state index is 12.3. The van der Waals surface area contributed by atoms with Gasteiger partial charge in [-0.15, -0.1) is 11.3 Å². The summed E-state index contributed by atoms with van der Waals surface area (Å²) in [7, 11) is 1.58. The van der Waals surface area contributed by atoms with Crippen LogP contribution in [-0.4, -0.2) is 24.0 Å². The number of benzene rings is 1. The first kappa shape index (κ1) is 14.0. The van der Waals surface area contributed by atoms with Crippen LogP contribution in [0.4, 0.5) is 5.69 Å². The first-order valence-electron chi connectivity index (χ1n) is 5.35. The van der Waals surface area contributed by atoms with E-state index in [4.69, 9.17) is 5.11 Å². The maximum Gasteiger partial charge on any atom is 0.337 e. The number of carbonyl (C=O) groups excluding carboxylic acids is 1. The molecular formula is C13H10INO3S. The van der Waals surface area contributed by atoms with Gasteiger partial charge in [0.05, 0.1) is 19.7 Å². The van der Waals surface area contributed by atoms with Gasteiger partial charge in [0.25, 0.3) is 5.91 Å². The van der Waals surface area contributed by atoms with Crippen LogP contribution in [0.1, 0.15) is 20.7 Å². The van der Waals surface area contributed by atoms with Crippen molar-refractivity contribution in [2.45, 2.75) is 0 Å². The predicted molar refractivity (Wildman–Crippen MR) is 83.2 cm³/mol. The summed E-state index contributed by atoms with van der Waals surface area (Å²) in [5.41, 5.74) is 1.07. The van der Waals surface area contributed by atoms with Crippen molar-refractivity contribution in [2.75, 3.05) is 11.9 Å². The van der Waals surface area contributed by atoms with Crippen molar-refractivity contribution < 1.29 is 14.7 Å². The van der Waals surface area contributed by atoms with Gasteiger partial charge in [0.1, 0.15) is 0 Å². The van der Waals surface area contributed by atoms with E-state index in [9.17, 15) is 9.59 Å². The molecular weight excluding hydrogens is 377 g/mol. The lowest BCUT2D eigenvalue weighted by atomic mass is 10.1. The highest BCUT2D eigenvalue weighted by Crippen LogP contribution is 2.23. The number of amides is 1. The zero-order valence-corrected chi connectivity index (χ0v) is 12.9. The number of para-hydroxylation sites is 1. The minimum Gasteiger partial charge on any atom is -0.478 e. The predicted octanol–water partition coefficient (Wildman–Crippen LogP) is 3.33. The number of halogens is 1. The number of carboxylic acid groups (broad SMARTS) is 1. The Morgan fingerprint density at radius 1 is 1.32 bits per heavy atom. The molecule has 0 bridgehead atoms. The molecule has 0 fully saturated rings. The van der Waals surface area contributed by atoms with Crippen molar-refractivity contribution in [3.63, 3.8) is 0 Å². The van der Waals surface area contributed by atoms with E-state index >= 15 is 0 Å². The van der Waals surface area contributed by atoms with Crippen molar-refractivity contribution in [3.05, 3.63) is 49.7 Å². The van der Waals surface area contributed by atoms with Gasteiger partial charge in [0.2, 0.25) is 0 Å². The van der Waals surface area contributed by atoms with Crippen LogP contribution in [-0.2, 0) is 0 Å². The Kier molecular flexibility index (Phi) is 4.20. The van der Waals surface area contributed by atoms with Crippen LogP contribution in [0.5, 0.6) is 0 Å². The topological polar surface area (TPSA) is 57.6 Å². The van der Waals surface area contributed by atoms with Crippen LogP contribution in [0.25, 0.3) is 0 Å². The summed E-state index contributed by atoms with van der Waals surface area (Å²) in [4.78, 5) is 24.8. The van der Waals surface area contributed by atoms with Gasteiger partial charge in [-0.3, -0.25) is 4.79 Å². The van der Waals surface area contributed by atoms with Crippen molar-refractivity contribution in [1.29, 1.82) is 0 Å². The number of carbonyl (C=O) groups is 2. The Balaban J connectivity index is 2.37. The van der Waals surface area contributed by atoms with E-state index in [1.807, 2.05) is 0 Å². The van der Waals surface area contributed by atoms with E-state index in [1.54, 1.807) is 36.7 Å². The number of thiophene rings is 1. The van der Waals surface area contributed by atoms with E-state index in [0.717, 1.165) is 2.88 Å². The molecule has 0 unspecified atom stereocenters. The lowest BCUT2D eigenvalue weighted by Gasteiger charge is -2.18. The standard InChI is InChI=1S/C13H10INO3S/c1-15(12(16)8-6-11(14)19-7-8)10-5-3-2-4-9(10)13(17)18/h2-7H,1H3,(H,17,18). The Labute approximate surface area is 127 Å². The Morgan fingerprint density at radius 2 is 2.00 bits per heavy atom. The summed E-state index contributed by atoms with van der Waals surface area (Å²) in [6, 6.07) is 8.24. The molecule has 4 nitrogen and oxygen atoms in total. The van der Waals surface area contributed by atoms with Gasteiger partial charge in [-0.25, -0.2) is 4.79 Å². The van der Waals surface area contributed by atoms with Crippen molar-refractivity contribution in [2.24, 2.45) is 0 Å². The average molecular weight is 387 g/mol. The average Bonchev–Trinajstić information content (AvgIpc) is 2.83. The van der Waals surface area contributed by atoms with Gasteiger partial charge in [0.15, 0.2) is 0 Å². The second kappa shape index (κ2) is 5.70. The quantitative estimate of drug-likeness (QED) is 0.823. The van der Waals surface area contributed by atoms with Gasteiger partial charge < -0.3 is 10.0 Å². The van der Waals surface area contributed by atoms with Gasteiger partial charge >= 0.3 is 5.97 Å².